The molecule has 1 rings (SSSR count). The van der Waals surface area contributed by atoms with E-state index in [0.717, 1.165) is 11.8 Å². The summed E-state index contributed by atoms with van der Waals surface area (Å²) < 4.78 is 22.6. The number of rotatable bonds is 5. The summed E-state index contributed by atoms with van der Waals surface area (Å²) in [5.41, 5.74) is 6.14. The number of amides is 1. The van der Waals surface area contributed by atoms with E-state index in [-0.39, 0.29) is 23.3 Å². The molecule has 0 bridgehead atoms. The molecule has 0 aliphatic carbocycles. The predicted molar refractivity (Wildman–Crippen MR) is 69.8 cm³/mol. The third-order valence-corrected chi connectivity index (χ3v) is 3.69. The molecule has 5 nitrogen and oxygen atoms in total. The molecular formula is C12H18N2O3S. The minimum Gasteiger partial charge on any atom is -0.350 e. The first kappa shape index (κ1) is 14.7. The number of carbonyl (C=O) groups excluding carboxylic acids is 1. The fraction of sp³-hybridized carbons (Fsp3) is 0.417. The Bertz CT molecular complexity index is 509. The van der Waals surface area contributed by atoms with Gasteiger partial charge in [0.1, 0.15) is 0 Å². The zero-order valence-electron chi connectivity index (χ0n) is 10.5. The Kier molecular flexibility index (Phi) is 4.86. The van der Waals surface area contributed by atoms with Gasteiger partial charge in [-0.05, 0) is 24.6 Å². The Balaban J connectivity index is 2.76. The number of benzene rings is 1. The van der Waals surface area contributed by atoms with Gasteiger partial charge in [0.2, 0.25) is 5.91 Å². The molecule has 0 aliphatic rings. The summed E-state index contributed by atoms with van der Waals surface area (Å²) >= 11 is 0. The third kappa shape index (κ3) is 4.12. The summed E-state index contributed by atoms with van der Waals surface area (Å²) in [6, 6.07) is 6.30. The van der Waals surface area contributed by atoms with Crippen LogP contribution in [-0.2, 0) is 14.6 Å². The summed E-state index contributed by atoms with van der Waals surface area (Å²) in [7, 11) is -3.18. The van der Waals surface area contributed by atoms with E-state index < -0.39 is 9.84 Å². The molecule has 0 heterocycles. The molecule has 0 aliphatic heterocycles. The highest BCUT2D eigenvalue weighted by Crippen LogP contribution is 2.16. The van der Waals surface area contributed by atoms with Crippen molar-refractivity contribution in [2.45, 2.75) is 24.3 Å². The molecule has 18 heavy (non-hydrogen) atoms. The number of nitrogens with one attached hydrogen (secondary N) is 1. The molecule has 0 saturated heterocycles. The summed E-state index contributed by atoms with van der Waals surface area (Å²) in [5.74, 6) is -0.114. The van der Waals surface area contributed by atoms with Crippen LogP contribution in [0.5, 0.6) is 0 Å². The second-order valence-electron chi connectivity index (χ2n) is 4.17. The van der Waals surface area contributed by atoms with Gasteiger partial charge in [0, 0.05) is 19.2 Å². The van der Waals surface area contributed by atoms with E-state index in [9.17, 15) is 13.2 Å². The number of hydrogen-bond donors (Lipinski definition) is 2. The maximum absolute atomic E-state index is 11.4. The zero-order valence-corrected chi connectivity index (χ0v) is 11.3. The van der Waals surface area contributed by atoms with E-state index in [1.807, 2.05) is 6.92 Å². The van der Waals surface area contributed by atoms with Gasteiger partial charge < -0.3 is 11.1 Å². The highest BCUT2D eigenvalue weighted by molar-refractivity contribution is 7.90. The summed E-state index contributed by atoms with van der Waals surface area (Å²) in [4.78, 5) is 11.6. The summed E-state index contributed by atoms with van der Waals surface area (Å²) in [5, 5.41) is 2.79. The van der Waals surface area contributed by atoms with Crippen LogP contribution in [-0.4, -0.2) is 27.1 Å². The second kappa shape index (κ2) is 5.97. The molecule has 0 aromatic heterocycles. The number of nitrogens with two attached hydrogens (primary N) is 1. The van der Waals surface area contributed by atoms with Crippen LogP contribution >= 0.6 is 0 Å². The van der Waals surface area contributed by atoms with Gasteiger partial charge in [-0.3, -0.25) is 4.79 Å². The largest absolute Gasteiger partial charge is 0.350 e. The quantitative estimate of drug-likeness (QED) is 0.820. The highest BCUT2D eigenvalue weighted by Gasteiger charge is 2.11. The van der Waals surface area contributed by atoms with Crippen molar-refractivity contribution in [2.75, 3.05) is 12.8 Å². The Morgan fingerprint density at radius 1 is 1.33 bits per heavy atom. The lowest BCUT2D eigenvalue weighted by Gasteiger charge is -2.14. The molecule has 0 radical (unpaired) electrons. The Hall–Kier alpha value is -1.40. The monoisotopic (exact) mass is 270 g/mol. The molecule has 1 atom stereocenters. The van der Waals surface area contributed by atoms with E-state index in [4.69, 9.17) is 5.73 Å². The van der Waals surface area contributed by atoms with Gasteiger partial charge in [-0.15, -0.1) is 0 Å². The molecule has 1 amide bonds. The summed E-state index contributed by atoms with van der Waals surface area (Å²) in [6.07, 6.45) is 1.44. The van der Waals surface area contributed by atoms with Crippen LogP contribution in [0.2, 0.25) is 0 Å². The third-order valence-electron chi connectivity index (χ3n) is 2.56. The van der Waals surface area contributed by atoms with Crippen LogP contribution in [0.15, 0.2) is 29.2 Å². The van der Waals surface area contributed by atoms with E-state index in [2.05, 4.69) is 5.32 Å². The molecule has 1 aromatic carbocycles. The van der Waals surface area contributed by atoms with Crippen LogP contribution in [0.3, 0.4) is 0 Å². The fourth-order valence-corrected chi connectivity index (χ4v) is 2.16. The fourth-order valence-electron chi connectivity index (χ4n) is 1.53. The Morgan fingerprint density at radius 3 is 2.33 bits per heavy atom. The van der Waals surface area contributed by atoms with Gasteiger partial charge in [-0.2, -0.15) is 0 Å². The maximum atomic E-state index is 11.4. The van der Waals surface area contributed by atoms with E-state index in [1.165, 1.54) is 12.1 Å². The van der Waals surface area contributed by atoms with Gasteiger partial charge >= 0.3 is 0 Å². The first-order chi connectivity index (χ1) is 8.34. The maximum Gasteiger partial charge on any atom is 0.221 e. The van der Waals surface area contributed by atoms with Crippen molar-refractivity contribution in [1.82, 2.24) is 5.32 Å². The molecule has 1 unspecified atom stereocenters. The van der Waals surface area contributed by atoms with Crippen molar-refractivity contribution in [2.24, 2.45) is 5.73 Å². The van der Waals surface area contributed by atoms with Crippen LogP contribution in [0.25, 0.3) is 0 Å². The Labute approximate surface area is 107 Å². The molecule has 1 aromatic rings. The van der Waals surface area contributed by atoms with Crippen LogP contribution in [0.4, 0.5) is 0 Å². The van der Waals surface area contributed by atoms with Crippen molar-refractivity contribution in [3.05, 3.63) is 29.8 Å². The van der Waals surface area contributed by atoms with Crippen molar-refractivity contribution in [3.63, 3.8) is 0 Å². The average molecular weight is 270 g/mol. The van der Waals surface area contributed by atoms with Crippen LogP contribution < -0.4 is 11.1 Å². The number of hydrogen-bond acceptors (Lipinski definition) is 4. The van der Waals surface area contributed by atoms with Crippen molar-refractivity contribution in [1.29, 1.82) is 0 Å². The first-order valence-corrected chi connectivity index (χ1v) is 7.53. The van der Waals surface area contributed by atoms with E-state index in [0.29, 0.717) is 6.54 Å². The standard InChI is InChI=1S/C12H18N2O3S/c1-9(14-12(15)7-8-13)10-3-5-11(6-4-10)18(2,16)17/h3-6,9H,7-8,13H2,1-2H3,(H,14,15). The lowest BCUT2D eigenvalue weighted by molar-refractivity contribution is -0.121. The lowest BCUT2D eigenvalue weighted by Crippen LogP contribution is -2.28. The summed E-state index contributed by atoms with van der Waals surface area (Å²) in [6.45, 7) is 2.15. The molecule has 0 saturated carbocycles. The van der Waals surface area contributed by atoms with Crippen LogP contribution in [0.1, 0.15) is 24.9 Å². The zero-order chi connectivity index (χ0) is 13.8. The number of carbonyl (C=O) groups is 1. The van der Waals surface area contributed by atoms with Gasteiger partial charge in [0.15, 0.2) is 9.84 Å². The van der Waals surface area contributed by atoms with E-state index >= 15 is 0 Å². The Morgan fingerprint density at radius 2 is 1.89 bits per heavy atom. The van der Waals surface area contributed by atoms with Gasteiger partial charge in [-0.25, -0.2) is 8.42 Å². The molecular weight excluding hydrogens is 252 g/mol. The van der Waals surface area contributed by atoms with Gasteiger partial charge in [0.05, 0.1) is 10.9 Å². The topological polar surface area (TPSA) is 89.3 Å². The van der Waals surface area contributed by atoms with E-state index in [1.54, 1.807) is 12.1 Å². The minimum absolute atomic E-state index is 0.114. The van der Waals surface area contributed by atoms with Crippen molar-refractivity contribution in [3.8, 4) is 0 Å². The smallest absolute Gasteiger partial charge is 0.221 e. The molecule has 3 N–H and O–H groups in total. The highest BCUT2D eigenvalue weighted by atomic mass is 32.2. The van der Waals surface area contributed by atoms with Crippen molar-refractivity contribution < 1.29 is 13.2 Å². The van der Waals surface area contributed by atoms with Gasteiger partial charge in [0.25, 0.3) is 0 Å². The van der Waals surface area contributed by atoms with Crippen molar-refractivity contribution >= 4 is 15.7 Å². The lowest BCUT2D eigenvalue weighted by atomic mass is 10.1. The molecule has 0 fully saturated rings. The first-order valence-electron chi connectivity index (χ1n) is 5.64. The van der Waals surface area contributed by atoms with Crippen LogP contribution in [0, 0.1) is 0 Å². The second-order valence-corrected chi connectivity index (χ2v) is 6.18. The molecule has 6 heteroatoms. The molecule has 0 spiro atoms. The minimum atomic E-state index is -3.18. The predicted octanol–water partition coefficient (Wildman–Crippen LogP) is 0.616. The number of sulfone groups is 1. The SMILES string of the molecule is CC(NC(=O)CCN)c1ccc(S(C)(=O)=O)cc1. The van der Waals surface area contributed by atoms with Gasteiger partial charge in [-0.1, -0.05) is 12.1 Å². The molecule has 100 valence electrons. The normalized spacial score (nSPS) is 13.1. The average Bonchev–Trinajstić information content (AvgIpc) is 2.28.